The largest absolute Gasteiger partial charge is 0.351 e. The highest BCUT2D eigenvalue weighted by Gasteiger charge is 2.26. The van der Waals surface area contributed by atoms with Crippen LogP contribution in [0.2, 0.25) is 10.0 Å². The first-order chi connectivity index (χ1) is 10.3. The van der Waals surface area contributed by atoms with Gasteiger partial charge in [0, 0.05) is 8.95 Å². The van der Waals surface area contributed by atoms with E-state index in [2.05, 4.69) is 31.9 Å². The molecule has 0 fully saturated rings. The summed E-state index contributed by atoms with van der Waals surface area (Å²) in [5, 5.41) is 0.278. The van der Waals surface area contributed by atoms with Crippen LogP contribution in [0, 0.1) is 0 Å². The maximum absolute atomic E-state index is 12.7. The molecule has 0 aliphatic carbocycles. The van der Waals surface area contributed by atoms with Crippen LogP contribution in [0.1, 0.15) is 10.4 Å². The van der Waals surface area contributed by atoms with E-state index in [9.17, 15) is 9.59 Å². The monoisotopic (exact) mass is 464 g/mol. The molecule has 0 saturated heterocycles. The molecule has 3 amide bonds. The van der Waals surface area contributed by atoms with Gasteiger partial charge in [-0.1, -0.05) is 29.3 Å². The van der Waals surface area contributed by atoms with E-state index in [1.54, 1.807) is 24.3 Å². The van der Waals surface area contributed by atoms with Crippen molar-refractivity contribution in [1.29, 1.82) is 0 Å². The van der Waals surface area contributed by atoms with E-state index in [4.69, 9.17) is 28.9 Å². The zero-order valence-corrected chi connectivity index (χ0v) is 15.5. The van der Waals surface area contributed by atoms with Crippen LogP contribution in [0.15, 0.2) is 45.3 Å². The van der Waals surface area contributed by atoms with E-state index in [0.717, 1.165) is 9.37 Å². The van der Waals surface area contributed by atoms with Gasteiger partial charge in [0.15, 0.2) is 0 Å². The van der Waals surface area contributed by atoms with Crippen molar-refractivity contribution in [3.05, 3.63) is 61.0 Å². The van der Waals surface area contributed by atoms with Crippen molar-refractivity contribution in [3.8, 4) is 0 Å². The molecule has 0 spiro atoms. The van der Waals surface area contributed by atoms with Gasteiger partial charge in [-0.15, -0.1) is 0 Å². The van der Waals surface area contributed by atoms with E-state index in [0.29, 0.717) is 10.2 Å². The zero-order valence-electron chi connectivity index (χ0n) is 10.8. The Morgan fingerprint density at radius 2 is 1.59 bits per heavy atom. The van der Waals surface area contributed by atoms with Crippen LogP contribution in [-0.2, 0) is 0 Å². The second-order valence-electron chi connectivity index (χ2n) is 4.17. The molecule has 0 aromatic heterocycles. The van der Waals surface area contributed by atoms with Crippen LogP contribution < -0.4 is 10.6 Å². The van der Waals surface area contributed by atoms with E-state index >= 15 is 0 Å². The van der Waals surface area contributed by atoms with Gasteiger partial charge in [-0.25, -0.2) is 9.69 Å². The smallest absolute Gasteiger partial charge is 0.326 e. The second kappa shape index (κ2) is 7.00. The van der Waals surface area contributed by atoms with Gasteiger partial charge in [0.25, 0.3) is 5.91 Å². The average Bonchev–Trinajstić information content (AvgIpc) is 2.42. The predicted octanol–water partition coefficient (Wildman–Crippen LogP) is 5.24. The minimum atomic E-state index is -0.935. The molecule has 0 bridgehead atoms. The Labute approximate surface area is 153 Å². The van der Waals surface area contributed by atoms with E-state index in [1.807, 2.05) is 0 Å². The molecule has 0 aliphatic rings. The van der Waals surface area contributed by atoms with Crippen molar-refractivity contribution in [3.63, 3.8) is 0 Å². The Morgan fingerprint density at radius 3 is 2.09 bits per heavy atom. The lowest BCUT2D eigenvalue weighted by molar-refractivity contribution is 0.0995. The average molecular weight is 467 g/mol. The number of benzene rings is 2. The second-order valence-corrected chi connectivity index (χ2v) is 6.70. The predicted molar refractivity (Wildman–Crippen MR) is 94.7 cm³/mol. The first-order valence-electron chi connectivity index (χ1n) is 5.86. The molecule has 0 atom stereocenters. The molecule has 2 aromatic rings. The molecule has 2 rings (SSSR count). The third kappa shape index (κ3) is 3.46. The maximum Gasteiger partial charge on any atom is 0.326 e. The lowest BCUT2D eigenvalue weighted by Gasteiger charge is -2.20. The number of amides is 3. The maximum atomic E-state index is 12.7. The SMILES string of the molecule is NC(=O)N(C(=O)c1c(Cl)cccc1Cl)c1ccc(Br)c(Br)c1. The van der Waals surface area contributed by atoms with E-state index in [1.165, 1.54) is 12.1 Å². The molecule has 2 aromatic carbocycles. The highest BCUT2D eigenvalue weighted by Crippen LogP contribution is 2.31. The number of rotatable bonds is 2. The molecule has 114 valence electrons. The van der Waals surface area contributed by atoms with Crippen molar-refractivity contribution < 1.29 is 9.59 Å². The van der Waals surface area contributed by atoms with Crippen molar-refractivity contribution in [2.24, 2.45) is 5.73 Å². The van der Waals surface area contributed by atoms with Gasteiger partial charge >= 0.3 is 6.03 Å². The van der Waals surface area contributed by atoms with Crippen LogP contribution in [-0.4, -0.2) is 11.9 Å². The molecular weight excluding hydrogens is 459 g/mol. The van der Waals surface area contributed by atoms with Gasteiger partial charge in [-0.05, 0) is 62.2 Å². The van der Waals surface area contributed by atoms with Crippen molar-refractivity contribution in [2.75, 3.05) is 4.90 Å². The first kappa shape index (κ1) is 17.3. The Hall–Kier alpha value is -1.08. The summed E-state index contributed by atoms with van der Waals surface area (Å²) in [7, 11) is 0. The first-order valence-corrected chi connectivity index (χ1v) is 8.20. The summed E-state index contributed by atoms with van der Waals surface area (Å²) >= 11 is 18.7. The summed E-state index contributed by atoms with van der Waals surface area (Å²) in [4.78, 5) is 25.2. The Kier molecular flexibility index (Phi) is 5.50. The molecule has 0 aliphatic heterocycles. The molecule has 0 unspecified atom stereocenters. The fraction of sp³-hybridized carbons (Fsp3) is 0. The summed E-state index contributed by atoms with van der Waals surface area (Å²) in [5.74, 6) is -0.697. The summed E-state index contributed by atoms with van der Waals surface area (Å²) in [5.41, 5.74) is 5.66. The number of halogens is 4. The van der Waals surface area contributed by atoms with Crippen LogP contribution in [0.4, 0.5) is 10.5 Å². The highest BCUT2D eigenvalue weighted by molar-refractivity contribution is 9.13. The third-order valence-corrected chi connectivity index (χ3v) is 5.27. The van der Waals surface area contributed by atoms with Crippen LogP contribution in [0.25, 0.3) is 0 Å². The lowest BCUT2D eigenvalue weighted by atomic mass is 10.2. The summed E-state index contributed by atoms with van der Waals surface area (Å²) < 4.78 is 1.43. The summed E-state index contributed by atoms with van der Waals surface area (Å²) in [6, 6.07) is 8.52. The van der Waals surface area contributed by atoms with Gasteiger partial charge in [0.1, 0.15) is 0 Å². The van der Waals surface area contributed by atoms with Crippen LogP contribution >= 0.6 is 55.1 Å². The molecule has 8 heteroatoms. The molecule has 0 saturated carbocycles. The molecular formula is C14H8Br2Cl2N2O2. The van der Waals surface area contributed by atoms with Gasteiger partial charge in [-0.3, -0.25) is 4.79 Å². The standard InChI is InChI=1S/C14H8Br2Cl2N2O2/c15-8-5-4-7(6-9(8)16)20(14(19)22)13(21)12-10(17)2-1-3-11(12)18/h1-6H,(H2,19,22). The van der Waals surface area contributed by atoms with Gasteiger partial charge in [0.05, 0.1) is 21.3 Å². The summed E-state index contributed by atoms with van der Waals surface area (Å²) in [6.45, 7) is 0. The normalized spacial score (nSPS) is 10.4. The fourth-order valence-corrected chi connectivity index (χ4v) is 2.96. The van der Waals surface area contributed by atoms with Crippen LogP contribution in [0.5, 0.6) is 0 Å². The van der Waals surface area contributed by atoms with Crippen molar-refractivity contribution in [1.82, 2.24) is 0 Å². The number of anilines is 1. The minimum Gasteiger partial charge on any atom is -0.351 e. The van der Waals surface area contributed by atoms with Gasteiger partial charge in [-0.2, -0.15) is 0 Å². The Morgan fingerprint density at radius 1 is 1.00 bits per heavy atom. The number of hydrogen-bond donors (Lipinski definition) is 1. The molecule has 2 N–H and O–H groups in total. The lowest BCUT2D eigenvalue weighted by Crippen LogP contribution is -2.41. The number of nitrogens with zero attached hydrogens (tertiary/aromatic N) is 1. The molecule has 4 nitrogen and oxygen atoms in total. The number of urea groups is 1. The van der Waals surface area contributed by atoms with E-state index < -0.39 is 11.9 Å². The highest BCUT2D eigenvalue weighted by atomic mass is 79.9. The van der Waals surface area contributed by atoms with E-state index in [-0.39, 0.29) is 15.6 Å². The van der Waals surface area contributed by atoms with Crippen molar-refractivity contribution in [2.45, 2.75) is 0 Å². The quantitative estimate of drug-likeness (QED) is 0.657. The minimum absolute atomic E-state index is 0.0173. The van der Waals surface area contributed by atoms with Crippen LogP contribution in [0.3, 0.4) is 0 Å². The molecule has 0 radical (unpaired) electrons. The van der Waals surface area contributed by atoms with Gasteiger partial charge < -0.3 is 5.73 Å². The van der Waals surface area contributed by atoms with Gasteiger partial charge in [0.2, 0.25) is 0 Å². The number of hydrogen-bond acceptors (Lipinski definition) is 2. The Bertz CT molecular complexity index is 748. The topological polar surface area (TPSA) is 63.4 Å². The fourth-order valence-electron chi connectivity index (χ4n) is 1.78. The third-order valence-electron chi connectivity index (χ3n) is 2.76. The number of nitrogens with two attached hydrogens (primary N) is 1. The zero-order chi connectivity index (χ0) is 16.4. The molecule has 0 heterocycles. The number of imide groups is 1. The number of primary amides is 1. The number of carbonyl (C=O) groups excluding carboxylic acids is 2. The molecule has 22 heavy (non-hydrogen) atoms. The summed E-state index contributed by atoms with van der Waals surface area (Å²) in [6.07, 6.45) is 0. The number of carbonyl (C=O) groups is 2. The Balaban J connectivity index is 2.55. The van der Waals surface area contributed by atoms with Crippen molar-refractivity contribution >= 4 is 72.7 Å².